The maximum absolute atomic E-state index is 13.3. The van der Waals surface area contributed by atoms with Gasteiger partial charge in [0.1, 0.15) is 18.5 Å². The fourth-order valence-electron chi connectivity index (χ4n) is 11.6. The number of hydrogen-bond donors (Lipinski definition) is 10. The van der Waals surface area contributed by atoms with Crippen LogP contribution < -0.4 is 27.9 Å². The predicted octanol–water partition coefficient (Wildman–Crippen LogP) is 9.10. The molecular formula is C71H110N16O13S2. The van der Waals surface area contributed by atoms with Gasteiger partial charge in [-0.3, -0.25) is 24.9 Å². The molecule has 1 aliphatic rings. The van der Waals surface area contributed by atoms with E-state index in [9.17, 15) is 38.1 Å². The van der Waals surface area contributed by atoms with Crippen molar-refractivity contribution in [2.24, 2.45) is 0 Å². The number of H-pyrrole nitrogens is 3. The number of aromatic nitrogens is 12. The normalized spacial score (nSPS) is 15.2. The van der Waals surface area contributed by atoms with E-state index in [-0.39, 0.29) is 96.4 Å². The lowest BCUT2D eigenvalue weighted by molar-refractivity contribution is -0.139. The Labute approximate surface area is 603 Å². The van der Waals surface area contributed by atoms with Crippen LogP contribution in [0.4, 0.5) is 0 Å². The van der Waals surface area contributed by atoms with Crippen LogP contribution in [0.5, 0.6) is 17.2 Å². The average molecular weight is 1460 g/mol. The second-order valence-corrected chi connectivity index (χ2v) is 31.1. The maximum Gasteiger partial charge on any atom is 0.338 e. The standard InChI is InChI=1S/C33H54N6O6S.C21H29N5O6S.C17H27N5O/c1-8-9-10-11-12-13-14-25-15-16-26(44-24(2)30(42)38(17-19-40)18-20-41)27(21-25)45-46(43)34-23-33(6,7)31-36-35-29-22-28(32(3,4)5)37-39(29)31;1-12-6-7-14(20(29)31-11-15(28)10-27)8-16(12)32-33(30)25-13(2)19-23-22-18-9-17(21(3,4)5)24-26(18)19;1-4-8-15(23)18-12(2)16-20-19-14-11-13(21-22(14)16)17(3)9-6-5-7-10-17/h15-16,21-22,24,34,37,40-41H,8-14,17-20,23H2,1-7H3;6-9,13,15,24-25,27-28H,10-11H2,1-5H3;11-12,21H,4-10H2,1-3H3,(H,18,23). The largest absolute Gasteiger partial charge is 0.477 e. The summed E-state index contributed by atoms with van der Waals surface area (Å²) in [5.74, 6) is 1.71. The molecule has 6 unspecified atom stereocenters. The molecule has 1 saturated carbocycles. The van der Waals surface area contributed by atoms with Gasteiger partial charge in [-0.1, -0.05) is 140 Å². The highest BCUT2D eigenvalue weighted by atomic mass is 32.2. The second kappa shape index (κ2) is 37.2. The SMILES string of the molecule is CCCC(=O)NC(C)c1nnc2cc(C3(C)CCCCC3)[nH]n12.CCCCCCCCc1ccc(OC(C)C(=O)N(CCO)CCO)c(OS(=O)NCC(C)(C)c2nnc3cc(C(C)(C)C)[nH]n23)c1.Cc1ccc(C(=O)OCC(O)CO)cc1OS(=O)NC(C)c1nnc2cc(C(C)(C)C)[nH]n12. The molecule has 102 heavy (non-hydrogen) atoms. The van der Waals surface area contributed by atoms with Gasteiger partial charge in [-0.25, -0.2) is 23.1 Å². The molecule has 8 aromatic rings. The number of carbonyl (C=O) groups excluding carboxylic acids is 3. The number of hydrogen-bond acceptors (Lipinski definition) is 19. The lowest BCUT2D eigenvalue weighted by Gasteiger charge is -2.32. The summed E-state index contributed by atoms with van der Waals surface area (Å²) in [4.78, 5) is 38.3. The highest BCUT2D eigenvalue weighted by Crippen LogP contribution is 2.39. The third-order valence-corrected chi connectivity index (χ3v) is 19.5. The summed E-state index contributed by atoms with van der Waals surface area (Å²) in [7, 11) is 0. The zero-order valence-electron chi connectivity index (χ0n) is 62.1. The second-order valence-electron chi connectivity index (χ2n) is 29.3. The number of nitrogens with one attached hydrogen (secondary N) is 6. The zero-order chi connectivity index (χ0) is 74.7. The van der Waals surface area contributed by atoms with E-state index in [1.165, 1.54) is 80.5 Å². The Morgan fingerprint density at radius 2 is 1.26 bits per heavy atom. The van der Waals surface area contributed by atoms with Crippen LogP contribution in [-0.2, 0) is 64.9 Å². The van der Waals surface area contributed by atoms with Gasteiger partial charge in [0.2, 0.25) is 5.91 Å². The van der Waals surface area contributed by atoms with Crippen LogP contribution >= 0.6 is 0 Å². The van der Waals surface area contributed by atoms with E-state index in [0.717, 1.165) is 59.8 Å². The summed E-state index contributed by atoms with van der Waals surface area (Å²) < 4.78 is 59.6. The van der Waals surface area contributed by atoms with Gasteiger partial charge in [0.05, 0.1) is 37.5 Å². The molecule has 6 heterocycles. The number of fused-ring (bicyclic) bond motifs is 3. The van der Waals surface area contributed by atoms with E-state index < -0.39 is 58.8 Å². The van der Waals surface area contributed by atoms with Gasteiger partial charge in [0.15, 0.2) is 52.0 Å². The van der Waals surface area contributed by atoms with Crippen molar-refractivity contribution in [2.75, 3.05) is 46.1 Å². The number of unbranched alkanes of at least 4 members (excludes halogenated alkanes) is 5. The number of rotatable bonds is 34. The number of ether oxygens (including phenoxy) is 2. The molecule has 10 N–H and O–H groups in total. The number of aliphatic hydroxyl groups is 4. The Kier molecular flexibility index (Phi) is 29.8. The third-order valence-electron chi connectivity index (χ3n) is 17.9. The van der Waals surface area contributed by atoms with Gasteiger partial charge >= 0.3 is 5.97 Å². The lowest BCUT2D eigenvalue weighted by Crippen LogP contribution is -2.43. The summed E-state index contributed by atoms with van der Waals surface area (Å²) in [6, 6.07) is 15.4. The summed E-state index contributed by atoms with van der Waals surface area (Å²) >= 11 is -3.90. The van der Waals surface area contributed by atoms with Crippen molar-refractivity contribution in [3.63, 3.8) is 0 Å². The molecule has 29 nitrogen and oxygen atoms in total. The number of aromatic amines is 3. The van der Waals surface area contributed by atoms with Crippen molar-refractivity contribution in [3.8, 4) is 17.2 Å². The molecule has 6 atom stereocenters. The van der Waals surface area contributed by atoms with Gasteiger partial charge in [-0.2, -0.15) is 13.1 Å². The first kappa shape index (κ1) is 81.6. The van der Waals surface area contributed by atoms with Crippen LogP contribution in [0.15, 0.2) is 54.6 Å². The van der Waals surface area contributed by atoms with Crippen molar-refractivity contribution in [3.05, 3.63) is 106 Å². The summed E-state index contributed by atoms with van der Waals surface area (Å²) in [6.45, 7) is 29.3. The van der Waals surface area contributed by atoms with Crippen molar-refractivity contribution in [2.45, 2.75) is 240 Å². The zero-order valence-corrected chi connectivity index (χ0v) is 63.7. The molecule has 2 aromatic carbocycles. The minimum Gasteiger partial charge on any atom is -0.477 e. The Balaban J connectivity index is 0.000000227. The number of aryl methyl sites for hydroxylation is 2. The summed E-state index contributed by atoms with van der Waals surface area (Å²) in [5.41, 5.74) is 6.75. The number of nitrogens with zero attached hydrogens (tertiary/aromatic N) is 10. The minimum absolute atomic E-state index is 0.0581. The summed E-state index contributed by atoms with van der Waals surface area (Å²) in [5, 5.41) is 75.6. The van der Waals surface area contributed by atoms with Crippen LogP contribution in [0.2, 0.25) is 0 Å². The number of esters is 1. The number of benzene rings is 2. The molecule has 0 bridgehead atoms. The molecule has 564 valence electrons. The quantitative estimate of drug-likeness (QED) is 0.0133. The minimum atomic E-state index is -1.95. The average Bonchev–Trinajstić information content (AvgIpc) is 1.63. The first-order chi connectivity index (χ1) is 48.3. The van der Waals surface area contributed by atoms with E-state index in [2.05, 4.69) is 122 Å². The highest BCUT2D eigenvalue weighted by molar-refractivity contribution is 7.78. The predicted molar refractivity (Wildman–Crippen MR) is 390 cm³/mol. The smallest absolute Gasteiger partial charge is 0.338 e. The fourth-order valence-corrected chi connectivity index (χ4v) is 13.2. The third kappa shape index (κ3) is 22.4. The molecule has 0 aliphatic heterocycles. The number of carbonyl (C=O) groups is 3. The van der Waals surface area contributed by atoms with E-state index >= 15 is 0 Å². The molecule has 6 aromatic heterocycles. The molecule has 9 rings (SSSR count). The number of amides is 2. The van der Waals surface area contributed by atoms with Crippen LogP contribution in [0.3, 0.4) is 0 Å². The van der Waals surface area contributed by atoms with Gasteiger partial charge < -0.3 is 48.5 Å². The van der Waals surface area contributed by atoms with E-state index in [0.29, 0.717) is 29.3 Å². The van der Waals surface area contributed by atoms with Crippen molar-refractivity contribution >= 4 is 57.3 Å². The fraction of sp³-hybridized carbons (Fsp3) is 0.620. The Morgan fingerprint density at radius 3 is 1.89 bits per heavy atom. The first-order valence-corrected chi connectivity index (χ1v) is 37.7. The molecule has 1 aliphatic carbocycles. The van der Waals surface area contributed by atoms with E-state index in [1.807, 2.05) is 61.0 Å². The van der Waals surface area contributed by atoms with Gasteiger partial charge in [-0.15, -0.1) is 30.6 Å². The molecule has 0 radical (unpaired) electrons. The summed E-state index contributed by atoms with van der Waals surface area (Å²) in [6.07, 6.45) is 13.5. The molecule has 31 heteroatoms. The maximum atomic E-state index is 13.3. The van der Waals surface area contributed by atoms with Crippen molar-refractivity contribution in [1.29, 1.82) is 0 Å². The van der Waals surface area contributed by atoms with E-state index in [1.54, 1.807) is 37.4 Å². The van der Waals surface area contributed by atoms with Crippen molar-refractivity contribution < 1.29 is 61.1 Å². The van der Waals surface area contributed by atoms with E-state index in [4.69, 9.17) is 22.9 Å². The lowest BCUT2D eigenvalue weighted by atomic mass is 9.73. The van der Waals surface area contributed by atoms with Crippen LogP contribution in [0, 0.1) is 6.92 Å². The monoisotopic (exact) mass is 1460 g/mol. The first-order valence-electron chi connectivity index (χ1n) is 35.5. The Bertz CT molecular complexity index is 4040. The van der Waals surface area contributed by atoms with Crippen molar-refractivity contribution in [1.82, 2.24) is 79.1 Å². The van der Waals surface area contributed by atoms with Gasteiger partial charge in [-0.05, 0) is 95.2 Å². The molecule has 0 saturated heterocycles. The van der Waals surface area contributed by atoms with Gasteiger partial charge in [0, 0.05) is 83.0 Å². The van der Waals surface area contributed by atoms with Crippen LogP contribution in [0.1, 0.15) is 249 Å². The molecular weight excluding hydrogens is 1350 g/mol. The Morgan fingerprint density at radius 1 is 0.676 bits per heavy atom. The molecule has 0 spiro atoms. The molecule has 1 fully saturated rings. The molecule has 2 amide bonds. The number of aliphatic hydroxyl groups excluding tert-OH is 4. The van der Waals surface area contributed by atoms with Gasteiger partial charge in [0.25, 0.3) is 28.4 Å². The topological polar surface area (TPSA) is 380 Å². The van der Waals surface area contributed by atoms with Crippen LogP contribution in [0.25, 0.3) is 16.9 Å². The Hall–Kier alpha value is -7.65. The highest BCUT2D eigenvalue weighted by Gasteiger charge is 2.34. The van der Waals surface area contributed by atoms with Crippen LogP contribution in [-0.4, -0.2) is 169 Å².